The highest BCUT2D eigenvalue weighted by molar-refractivity contribution is 6.32. The quantitative estimate of drug-likeness (QED) is 0.735. The zero-order valence-corrected chi connectivity index (χ0v) is 14.1. The standard InChI is InChI=1S/C18H19ClFNO3/c1-2-15(24-17-10-6-4-8-14(17)20)18(22)21-11-12-23-16-9-5-3-7-13(16)19/h3-10,15H,2,11-12H2,1H3,(H,21,22)/t15-/m1/s1. The number of halogens is 2. The van der Waals surface area contributed by atoms with Crippen molar-refractivity contribution in [1.29, 1.82) is 0 Å². The van der Waals surface area contributed by atoms with E-state index in [1.807, 2.05) is 12.1 Å². The Bertz CT molecular complexity index is 681. The molecule has 0 saturated carbocycles. The van der Waals surface area contributed by atoms with Crippen molar-refractivity contribution in [2.75, 3.05) is 13.2 Å². The molecule has 24 heavy (non-hydrogen) atoms. The summed E-state index contributed by atoms with van der Waals surface area (Å²) in [6.45, 7) is 2.36. The van der Waals surface area contributed by atoms with E-state index < -0.39 is 11.9 Å². The number of benzene rings is 2. The first kappa shape index (κ1) is 18.1. The van der Waals surface area contributed by atoms with Gasteiger partial charge in [0.15, 0.2) is 17.7 Å². The fourth-order valence-corrected chi connectivity index (χ4v) is 2.22. The minimum Gasteiger partial charge on any atom is -0.490 e. The molecule has 0 heterocycles. The molecule has 0 unspecified atom stereocenters. The molecule has 2 aromatic rings. The molecule has 0 aliphatic heterocycles. The van der Waals surface area contributed by atoms with Crippen molar-refractivity contribution in [2.24, 2.45) is 0 Å². The van der Waals surface area contributed by atoms with Crippen LogP contribution in [0.4, 0.5) is 4.39 Å². The Labute approximate surface area is 145 Å². The second-order valence-corrected chi connectivity index (χ2v) is 5.42. The van der Waals surface area contributed by atoms with Gasteiger partial charge in [0.2, 0.25) is 0 Å². The number of carbonyl (C=O) groups excluding carboxylic acids is 1. The second kappa shape index (κ2) is 9.13. The van der Waals surface area contributed by atoms with Crippen LogP contribution in [0, 0.1) is 5.82 Å². The van der Waals surface area contributed by atoms with E-state index >= 15 is 0 Å². The molecule has 0 bridgehead atoms. The van der Waals surface area contributed by atoms with E-state index in [0.29, 0.717) is 23.7 Å². The molecule has 0 aromatic heterocycles. The van der Waals surface area contributed by atoms with E-state index in [1.54, 1.807) is 31.2 Å². The third kappa shape index (κ3) is 5.13. The normalized spacial score (nSPS) is 11.6. The maximum absolute atomic E-state index is 13.6. The highest BCUT2D eigenvalue weighted by Crippen LogP contribution is 2.22. The van der Waals surface area contributed by atoms with E-state index in [-0.39, 0.29) is 18.3 Å². The van der Waals surface area contributed by atoms with Crippen molar-refractivity contribution in [3.8, 4) is 11.5 Å². The molecule has 1 atom stereocenters. The summed E-state index contributed by atoms with van der Waals surface area (Å²) in [7, 11) is 0. The van der Waals surface area contributed by atoms with E-state index in [1.165, 1.54) is 12.1 Å². The Morgan fingerprint density at radius 3 is 2.50 bits per heavy atom. The molecular formula is C18H19ClFNO3. The van der Waals surface area contributed by atoms with Crippen LogP contribution >= 0.6 is 11.6 Å². The lowest BCUT2D eigenvalue weighted by Gasteiger charge is -2.17. The summed E-state index contributed by atoms with van der Waals surface area (Å²) in [5.41, 5.74) is 0. The molecule has 0 fully saturated rings. The number of hydrogen-bond acceptors (Lipinski definition) is 3. The molecule has 2 rings (SSSR count). The lowest BCUT2D eigenvalue weighted by atomic mass is 10.2. The van der Waals surface area contributed by atoms with Crippen molar-refractivity contribution >= 4 is 17.5 Å². The van der Waals surface area contributed by atoms with Crippen LogP contribution in [0.25, 0.3) is 0 Å². The van der Waals surface area contributed by atoms with Gasteiger partial charge in [-0.05, 0) is 30.7 Å². The minimum absolute atomic E-state index is 0.0619. The van der Waals surface area contributed by atoms with Crippen LogP contribution in [0.2, 0.25) is 5.02 Å². The van der Waals surface area contributed by atoms with Gasteiger partial charge in [-0.15, -0.1) is 0 Å². The molecule has 128 valence electrons. The van der Waals surface area contributed by atoms with Crippen LogP contribution in [-0.2, 0) is 4.79 Å². The smallest absolute Gasteiger partial charge is 0.261 e. The van der Waals surface area contributed by atoms with Gasteiger partial charge < -0.3 is 14.8 Å². The van der Waals surface area contributed by atoms with Crippen LogP contribution in [0.15, 0.2) is 48.5 Å². The van der Waals surface area contributed by atoms with Crippen molar-refractivity contribution in [3.05, 3.63) is 59.4 Å². The maximum atomic E-state index is 13.6. The number of rotatable bonds is 8. The van der Waals surface area contributed by atoms with Crippen LogP contribution < -0.4 is 14.8 Å². The van der Waals surface area contributed by atoms with Gasteiger partial charge in [-0.25, -0.2) is 4.39 Å². The van der Waals surface area contributed by atoms with Crippen LogP contribution in [0.1, 0.15) is 13.3 Å². The van der Waals surface area contributed by atoms with Gasteiger partial charge in [0.1, 0.15) is 12.4 Å². The average Bonchev–Trinajstić information content (AvgIpc) is 2.59. The number of ether oxygens (including phenoxy) is 2. The molecule has 0 aliphatic rings. The second-order valence-electron chi connectivity index (χ2n) is 5.02. The number of para-hydroxylation sites is 2. The van der Waals surface area contributed by atoms with E-state index in [0.717, 1.165) is 0 Å². The first-order valence-corrected chi connectivity index (χ1v) is 8.05. The van der Waals surface area contributed by atoms with Gasteiger partial charge >= 0.3 is 0 Å². The first-order valence-electron chi connectivity index (χ1n) is 7.68. The predicted octanol–water partition coefficient (Wildman–Crippen LogP) is 3.83. The van der Waals surface area contributed by atoms with Gasteiger partial charge in [-0.1, -0.05) is 42.8 Å². The predicted molar refractivity (Wildman–Crippen MR) is 91.1 cm³/mol. The summed E-state index contributed by atoms with van der Waals surface area (Å²) in [5, 5.41) is 3.22. The highest BCUT2D eigenvalue weighted by Gasteiger charge is 2.19. The Morgan fingerprint density at radius 2 is 1.83 bits per heavy atom. The van der Waals surface area contributed by atoms with Gasteiger partial charge in [0.05, 0.1) is 11.6 Å². The maximum Gasteiger partial charge on any atom is 0.261 e. The Morgan fingerprint density at radius 1 is 1.17 bits per heavy atom. The molecule has 1 N–H and O–H groups in total. The van der Waals surface area contributed by atoms with E-state index in [9.17, 15) is 9.18 Å². The van der Waals surface area contributed by atoms with Crippen LogP contribution in [-0.4, -0.2) is 25.2 Å². The number of hydrogen-bond donors (Lipinski definition) is 1. The van der Waals surface area contributed by atoms with Crippen molar-refractivity contribution in [2.45, 2.75) is 19.4 Å². The Kier molecular flexibility index (Phi) is 6.88. The number of carbonyl (C=O) groups is 1. The molecule has 0 spiro atoms. The van der Waals surface area contributed by atoms with Crippen LogP contribution in [0.3, 0.4) is 0 Å². The first-order chi connectivity index (χ1) is 11.6. The summed E-state index contributed by atoms with van der Waals surface area (Å²) >= 11 is 5.98. The Balaban J connectivity index is 1.80. The van der Waals surface area contributed by atoms with E-state index in [2.05, 4.69) is 5.32 Å². The highest BCUT2D eigenvalue weighted by atomic mass is 35.5. The summed E-state index contributed by atoms with van der Waals surface area (Å²) in [6, 6.07) is 13.1. The third-order valence-corrected chi connectivity index (χ3v) is 3.58. The molecule has 4 nitrogen and oxygen atoms in total. The molecular weight excluding hydrogens is 333 g/mol. The van der Waals surface area contributed by atoms with Gasteiger partial charge in [-0.3, -0.25) is 4.79 Å². The Hall–Kier alpha value is -2.27. The van der Waals surface area contributed by atoms with Gasteiger partial charge in [0, 0.05) is 0 Å². The zero-order valence-electron chi connectivity index (χ0n) is 13.3. The molecule has 0 radical (unpaired) electrons. The average molecular weight is 352 g/mol. The summed E-state index contributed by atoms with van der Waals surface area (Å²) in [5.74, 6) is -0.191. The van der Waals surface area contributed by atoms with E-state index in [4.69, 9.17) is 21.1 Å². The summed E-state index contributed by atoms with van der Waals surface area (Å²) in [6.07, 6.45) is -0.340. The number of amides is 1. The fourth-order valence-electron chi connectivity index (χ4n) is 2.03. The molecule has 6 heteroatoms. The number of nitrogens with one attached hydrogen (secondary N) is 1. The largest absolute Gasteiger partial charge is 0.490 e. The minimum atomic E-state index is -0.762. The molecule has 0 aliphatic carbocycles. The van der Waals surface area contributed by atoms with Crippen molar-refractivity contribution < 1.29 is 18.7 Å². The topological polar surface area (TPSA) is 47.6 Å². The van der Waals surface area contributed by atoms with Crippen LogP contribution in [0.5, 0.6) is 11.5 Å². The third-order valence-electron chi connectivity index (χ3n) is 3.26. The van der Waals surface area contributed by atoms with Gasteiger partial charge in [0.25, 0.3) is 5.91 Å². The SMILES string of the molecule is CC[C@@H](Oc1ccccc1F)C(=O)NCCOc1ccccc1Cl. The van der Waals surface area contributed by atoms with Crippen molar-refractivity contribution in [1.82, 2.24) is 5.32 Å². The lowest BCUT2D eigenvalue weighted by Crippen LogP contribution is -2.39. The molecule has 0 saturated heterocycles. The molecule has 2 aromatic carbocycles. The summed E-state index contributed by atoms with van der Waals surface area (Å²) < 4.78 is 24.5. The zero-order chi connectivity index (χ0) is 17.4. The lowest BCUT2D eigenvalue weighted by molar-refractivity contribution is -0.128. The van der Waals surface area contributed by atoms with Crippen molar-refractivity contribution in [3.63, 3.8) is 0 Å². The summed E-state index contributed by atoms with van der Waals surface area (Å²) in [4.78, 5) is 12.1. The molecule has 1 amide bonds. The monoisotopic (exact) mass is 351 g/mol. The fraction of sp³-hybridized carbons (Fsp3) is 0.278. The van der Waals surface area contributed by atoms with Gasteiger partial charge in [-0.2, -0.15) is 0 Å².